The maximum Gasteiger partial charge on any atom is 0.424 e. The van der Waals surface area contributed by atoms with E-state index in [4.69, 9.17) is 16.3 Å². The molecular weight excluding hydrogens is 417 g/mol. The van der Waals surface area contributed by atoms with Crippen LogP contribution in [-0.4, -0.2) is 27.7 Å². The van der Waals surface area contributed by atoms with Gasteiger partial charge in [-0.2, -0.15) is 18.3 Å². The number of aliphatic hydroxyl groups is 1. The second-order valence-electron chi connectivity index (χ2n) is 6.77. The number of alkyl halides is 3. The van der Waals surface area contributed by atoms with Gasteiger partial charge < -0.3 is 9.84 Å². The normalized spacial score (nSPS) is 13.9. The standard InChI is InChI=1S/C22H16ClF3N2O2/c23-17-5-4-8-19(12-17)30-14-21(29,22(24,25)26)16-9-10-20-15(11-16)13-27-28(20)18-6-2-1-3-7-18/h1-13,29H,14H2. The highest BCUT2D eigenvalue weighted by molar-refractivity contribution is 6.30. The van der Waals surface area contributed by atoms with E-state index in [-0.39, 0.29) is 11.3 Å². The molecule has 0 spiro atoms. The zero-order valence-corrected chi connectivity index (χ0v) is 16.2. The molecule has 0 aliphatic heterocycles. The maximum atomic E-state index is 13.9. The number of benzene rings is 3. The first-order valence-corrected chi connectivity index (χ1v) is 9.37. The average Bonchev–Trinajstić information content (AvgIpc) is 3.15. The van der Waals surface area contributed by atoms with E-state index < -0.39 is 18.4 Å². The topological polar surface area (TPSA) is 47.3 Å². The summed E-state index contributed by atoms with van der Waals surface area (Å²) in [5.74, 6) is 0.128. The molecule has 154 valence electrons. The quantitative estimate of drug-likeness (QED) is 0.452. The van der Waals surface area contributed by atoms with Gasteiger partial charge in [0.05, 0.1) is 17.4 Å². The fourth-order valence-corrected chi connectivity index (χ4v) is 3.32. The van der Waals surface area contributed by atoms with Crippen LogP contribution in [0.15, 0.2) is 79.0 Å². The third kappa shape index (κ3) is 3.74. The Morgan fingerprint density at radius 1 is 0.967 bits per heavy atom. The van der Waals surface area contributed by atoms with Crippen molar-refractivity contribution < 1.29 is 23.0 Å². The van der Waals surface area contributed by atoms with Crippen molar-refractivity contribution >= 4 is 22.5 Å². The fourth-order valence-electron chi connectivity index (χ4n) is 3.14. The van der Waals surface area contributed by atoms with Crippen molar-refractivity contribution in [3.63, 3.8) is 0 Å². The molecule has 0 saturated heterocycles. The van der Waals surface area contributed by atoms with Gasteiger partial charge in [-0.3, -0.25) is 0 Å². The summed E-state index contributed by atoms with van der Waals surface area (Å²) < 4.78 is 48.5. The molecule has 4 aromatic rings. The number of halogens is 4. The summed E-state index contributed by atoms with van der Waals surface area (Å²) in [6.45, 7) is -1.02. The van der Waals surface area contributed by atoms with Crippen LogP contribution in [0.5, 0.6) is 5.75 Å². The minimum absolute atomic E-state index is 0.128. The van der Waals surface area contributed by atoms with Crippen molar-refractivity contribution in [3.8, 4) is 11.4 Å². The van der Waals surface area contributed by atoms with E-state index in [1.54, 1.807) is 16.8 Å². The number of ether oxygens (including phenoxy) is 1. The Balaban J connectivity index is 1.70. The summed E-state index contributed by atoms with van der Waals surface area (Å²) in [6.07, 6.45) is -3.50. The molecular formula is C22H16ClF3N2O2. The lowest BCUT2D eigenvalue weighted by molar-refractivity contribution is -0.275. The smallest absolute Gasteiger partial charge is 0.424 e. The Morgan fingerprint density at radius 2 is 1.73 bits per heavy atom. The molecule has 0 radical (unpaired) electrons. The van der Waals surface area contributed by atoms with Gasteiger partial charge in [-0.05, 0) is 48.0 Å². The highest BCUT2D eigenvalue weighted by Gasteiger charge is 2.56. The largest absolute Gasteiger partial charge is 0.490 e. The lowest BCUT2D eigenvalue weighted by atomic mass is 9.93. The number of para-hydroxylation sites is 1. The first-order chi connectivity index (χ1) is 14.3. The van der Waals surface area contributed by atoms with E-state index in [1.807, 2.05) is 30.3 Å². The van der Waals surface area contributed by atoms with Crippen molar-refractivity contribution in [2.75, 3.05) is 6.61 Å². The van der Waals surface area contributed by atoms with Gasteiger partial charge >= 0.3 is 6.18 Å². The van der Waals surface area contributed by atoms with Crippen LogP contribution in [0.1, 0.15) is 5.56 Å². The van der Waals surface area contributed by atoms with Gasteiger partial charge in [0.1, 0.15) is 12.4 Å². The molecule has 1 heterocycles. The second kappa shape index (κ2) is 7.66. The van der Waals surface area contributed by atoms with E-state index in [1.165, 1.54) is 36.5 Å². The Labute approximate surface area is 175 Å². The Kier molecular flexibility index (Phi) is 5.17. The number of aromatic nitrogens is 2. The average molecular weight is 433 g/mol. The molecule has 1 aromatic heterocycles. The SMILES string of the molecule is OC(COc1cccc(Cl)c1)(c1ccc2c(cnn2-c2ccccc2)c1)C(F)(F)F. The number of fused-ring (bicyclic) bond motifs is 1. The van der Waals surface area contributed by atoms with Gasteiger partial charge in [0.15, 0.2) is 0 Å². The van der Waals surface area contributed by atoms with Crippen molar-refractivity contribution in [2.24, 2.45) is 0 Å². The van der Waals surface area contributed by atoms with Gasteiger partial charge in [-0.15, -0.1) is 0 Å². The van der Waals surface area contributed by atoms with Gasteiger partial charge in [0.25, 0.3) is 0 Å². The van der Waals surface area contributed by atoms with Crippen LogP contribution in [-0.2, 0) is 5.60 Å². The Morgan fingerprint density at radius 3 is 2.43 bits per heavy atom. The minimum atomic E-state index is -4.96. The van der Waals surface area contributed by atoms with Crippen molar-refractivity contribution in [3.05, 3.63) is 89.6 Å². The monoisotopic (exact) mass is 432 g/mol. The lowest BCUT2D eigenvalue weighted by Crippen LogP contribution is -2.47. The molecule has 0 saturated carbocycles. The number of nitrogens with zero attached hydrogens (tertiary/aromatic N) is 2. The van der Waals surface area contributed by atoms with Crippen molar-refractivity contribution in [1.82, 2.24) is 9.78 Å². The molecule has 0 aliphatic rings. The zero-order valence-electron chi connectivity index (χ0n) is 15.5. The zero-order chi connectivity index (χ0) is 21.4. The molecule has 1 unspecified atom stereocenters. The van der Waals surface area contributed by atoms with E-state index in [0.717, 1.165) is 5.69 Å². The Bertz CT molecular complexity index is 1180. The van der Waals surface area contributed by atoms with Crippen LogP contribution in [0.25, 0.3) is 16.6 Å². The molecule has 0 amide bonds. The number of hydrogen-bond acceptors (Lipinski definition) is 3. The predicted molar refractivity (Wildman–Crippen MR) is 108 cm³/mol. The van der Waals surface area contributed by atoms with Crippen LogP contribution in [0, 0.1) is 0 Å². The summed E-state index contributed by atoms with van der Waals surface area (Å²) >= 11 is 5.85. The van der Waals surface area contributed by atoms with Gasteiger partial charge in [-0.1, -0.05) is 41.9 Å². The number of rotatable bonds is 5. The molecule has 0 fully saturated rings. The van der Waals surface area contributed by atoms with E-state index in [2.05, 4.69) is 5.10 Å². The Hall–Kier alpha value is -3.03. The summed E-state index contributed by atoms with van der Waals surface area (Å²) in [6, 6.07) is 19.2. The van der Waals surface area contributed by atoms with Crippen LogP contribution in [0.2, 0.25) is 5.02 Å². The van der Waals surface area contributed by atoms with E-state index in [9.17, 15) is 18.3 Å². The van der Waals surface area contributed by atoms with Gasteiger partial charge in [0.2, 0.25) is 5.60 Å². The van der Waals surface area contributed by atoms with Crippen LogP contribution in [0.4, 0.5) is 13.2 Å². The van der Waals surface area contributed by atoms with Crippen molar-refractivity contribution in [1.29, 1.82) is 0 Å². The molecule has 4 nitrogen and oxygen atoms in total. The predicted octanol–water partition coefficient (Wildman–Crippen LogP) is 5.51. The fraction of sp³-hybridized carbons (Fsp3) is 0.136. The van der Waals surface area contributed by atoms with Crippen LogP contribution < -0.4 is 4.74 Å². The molecule has 1 N–H and O–H groups in total. The summed E-state index contributed by atoms with van der Waals surface area (Å²) in [5.41, 5.74) is -2.16. The second-order valence-corrected chi connectivity index (χ2v) is 7.21. The highest BCUT2D eigenvalue weighted by atomic mass is 35.5. The van der Waals surface area contributed by atoms with E-state index in [0.29, 0.717) is 15.9 Å². The molecule has 8 heteroatoms. The molecule has 3 aromatic carbocycles. The molecule has 1 atom stereocenters. The third-order valence-electron chi connectivity index (χ3n) is 4.76. The number of hydrogen-bond donors (Lipinski definition) is 1. The highest BCUT2D eigenvalue weighted by Crippen LogP contribution is 2.40. The summed E-state index contributed by atoms with van der Waals surface area (Å²) in [5, 5.41) is 15.7. The summed E-state index contributed by atoms with van der Waals surface area (Å²) in [7, 11) is 0. The van der Waals surface area contributed by atoms with Gasteiger partial charge in [-0.25, -0.2) is 4.68 Å². The lowest BCUT2D eigenvalue weighted by Gasteiger charge is -2.30. The van der Waals surface area contributed by atoms with Crippen molar-refractivity contribution in [2.45, 2.75) is 11.8 Å². The summed E-state index contributed by atoms with van der Waals surface area (Å²) in [4.78, 5) is 0. The third-order valence-corrected chi connectivity index (χ3v) is 4.99. The molecule has 0 aliphatic carbocycles. The maximum absolute atomic E-state index is 13.9. The first kappa shape index (κ1) is 20.3. The molecule has 0 bridgehead atoms. The first-order valence-electron chi connectivity index (χ1n) is 8.99. The van der Waals surface area contributed by atoms with Crippen LogP contribution >= 0.6 is 11.6 Å². The molecule has 30 heavy (non-hydrogen) atoms. The molecule has 4 rings (SSSR count). The van der Waals surface area contributed by atoms with Gasteiger partial charge in [0, 0.05) is 10.4 Å². The minimum Gasteiger partial charge on any atom is -0.490 e. The van der Waals surface area contributed by atoms with E-state index >= 15 is 0 Å². The van der Waals surface area contributed by atoms with Crippen LogP contribution in [0.3, 0.4) is 0 Å².